The molecule has 0 fully saturated rings. The third kappa shape index (κ3) is 1.07. The Morgan fingerprint density at radius 2 is 2.31 bits per heavy atom. The fourth-order valence-electron chi connectivity index (χ4n) is 1.90. The topological polar surface area (TPSA) is 24.4 Å². The Balaban J connectivity index is 2.08. The summed E-state index contributed by atoms with van der Waals surface area (Å²) in [6.45, 7) is 0. The number of hydrazone groups is 1. The molecule has 2 heterocycles. The smallest absolute Gasteiger partial charge is 0.0786 e. The molecule has 0 spiro atoms. The molecule has 2 nitrogen and oxygen atoms in total. The number of nitrogens with one attached hydrogen (secondary N) is 1. The number of fused-ring (bicyclic) bond motifs is 3. The van der Waals surface area contributed by atoms with E-state index in [1.54, 1.807) is 0 Å². The van der Waals surface area contributed by atoms with Crippen molar-refractivity contribution in [1.82, 2.24) is 5.43 Å². The van der Waals surface area contributed by atoms with Gasteiger partial charge in [0.25, 0.3) is 0 Å². The van der Waals surface area contributed by atoms with Crippen LogP contribution in [-0.4, -0.2) is 12.0 Å². The highest BCUT2D eigenvalue weighted by Crippen LogP contribution is 2.40. The van der Waals surface area contributed by atoms with Crippen molar-refractivity contribution >= 4 is 18.0 Å². The zero-order chi connectivity index (χ0) is 8.67. The highest BCUT2D eigenvalue weighted by atomic mass is 32.2. The summed E-state index contributed by atoms with van der Waals surface area (Å²) in [5.41, 5.74) is 4.57. The highest BCUT2D eigenvalue weighted by molar-refractivity contribution is 7.99. The fourth-order valence-corrected chi connectivity index (χ4v) is 3.08. The van der Waals surface area contributed by atoms with Gasteiger partial charge in [0.2, 0.25) is 0 Å². The summed E-state index contributed by atoms with van der Waals surface area (Å²) >= 11 is 1.93. The van der Waals surface area contributed by atoms with Crippen molar-refractivity contribution in [3.05, 3.63) is 29.8 Å². The molecule has 0 saturated carbocycles. The average Bonchev–Trinajstić information content (AvgIpc) is 2.65. The molecule has 0 radical (unpaired) electrons. The fraction of sp³-hybridized carbons (Fsp3) is 0.300. The maximum Gasteiger partial charge on any atom is 0.0786 e. The molecule has 2 aliphatic rings. The Hall–Kier alpha value is -0.960. The lowest BCUT2D eigenvalue weighted by molar-refractivity contribution is 0.517. The van der Waals surface area contributed by atoms with E-state index in [-0.39, 0.29) is 0 Å². The van der Waals surface area contributed by atoms with Crippen LogP contribution in [0.5, 0.6) is 0 Å². The molecule has 0 aromatic heterocycles. The van der Waals surface area contributed by atoms with Gasteiger partial charge < -0.3 is 5.43 Å². The van der Waals surface area contributed by atoms with Crippen molar-refractivity contribution in [3.63, 3.8) is 0 Å². The normalized spacial score (nSPS) is 29.2. The molecule has 0 bridgehead atoms. The largest absolute Gasteiger partial charge is 0.302 e. The number of hydrogen-bond donors (Lipinski definition) is 1. The number of hydrogen-bond acceptors (Lipinski definition) is 3. The highest BCUT2D eigenvalue weighted by Gasteiger charge is 2.31. The van der Waals surface area contributed by atoms with Crippen molar-refractivity contribution in [1.29, 1.82) is 0 Å². The minimum atomic E-state index is 0.428. The predicted octanol–water partition coefficient (Wildman–Crippen LogP) is 2.04. The summed E-state index contributed by atoms with van der Waals surface area (Å²) in [6, 6.07) is 9.01. The van der Waals surface area contributed by atoms with Gasteiger partial charge in [-0.25, -0.2) is 0 Å². The quantitative estimate of drug-likeness (QED) is 0.677. The van der Waals surface area contributed by atoms with Gasteiger partial charge in [-0.15, -0.1) is 11.8 Å². The van der Waals surface area contributed by atoms with E-state index in [1.807, 2.05) is 18.0 Å². The molecule has 2 atom stereocenters. The molecule has 13 heavy (non-hydrogen) atoms. The zero-order valence-corrected chi connectivity index (χ0v) is 7.92. The Kier molecular flexibility index (Phi) is 1.59. The maximum atomic E-state index is 4.14. The Morgan fingerprint density at radius 1 is 1.38 bits per heavy atom. The van der Waals surface area contributed by atoms with Gasteiger partial charge in [0.05, 0.1) is 6.04 Å². The van der Waals surface area contributed by atoms with Crippen LogP contribution >= 0.6 is 11.8 Å². The van der Waals surface area contributed by atoms with E-state index in [4.69, 9.17) is 0 Å². The first-order chi connectivity index (χ1) is 6.45. The summed E-state index contributed by atoms with van der Waals surface area (Å²) < 4.78 is 0. The van der Waals surface area contributed by atoms with Crippen molar-refractivity contribution < 1.29 is 0 Å². The Labute approximate surface area is 81.4 Å². The number of nitrogens with zero attached hydrogens (tertiary/aromatic N) is 1. The lowest BCUT2D eigenvalue weighted by Crippen LogP contribution is -2.24. The molecule has 0 aliphatic carbocycles. The summed E-state index contributed by atoms with van der Waals surface area (Å²) in [4.78, 5) is 1.40. The summed E-state index contributed by atoms with van der Waals surface area (Å²) in [6.07, 6.45) is 2.04. The Bertz CT molecular complexity index is 362. The summed E-state index contributed by atoms with van der Waals surface area (Å²) in [5.74, 6) is 1.73. The van der Waals surface area contributed by atoms with E-state index in [1.165, 1.54) is 10.5 Å². The van der Waals surface area contributed by atoms with E-state index in [2.05, 4.69) is 34.8 Å². The van der Waals surface area contributed by atoms with Gasteiger partial charge in [0, 0.05) is 22.8 Å². The number of rotatable bonds is 0. The van der Waals surface area contributed by atoms with Gasteiger partial charge in [0.15, 0.2) is 0 Å². The molecular weight excluding hydrogens is 180 g/mol. The van der Waals surface area contributed by atoms with E-state index in [9.17, 15) is 0 Å². The monoisotopic (exact) mass is 190 g/mol. The molecule has 1 aromatic carbocycles. The summed E-state index contributed by atoms with van der Waals surface area (Å²) in [7, 11) is 0. The second-order valence-electron chi connectivity index (χ2n) is 3.40. The third-order valence-corrected chi connectivity index (χ3v) is 3.83. The van der Waals surface area contributed by atoms with Crippen molar-refractivity contribution in [2.45, 2.75) is 10.9 Å². The molecule has 3 rings (SSSR count). The molecule has 0 saturated heterocycles. The van der Waals surface area contributed by atoms with Crippen molar-refractivity contribution in [2.75, 3.05) is 5.75 Å². The lowest BCUT2D eigenvalue weighted by Gasteiger charge is -2.25. The second-order valence-corrected chi connectivity index (χ2v) is 4.46. The van der Waals surface area contributed by atoms with Gasteiger partial charge in [-0.2, -0.15) is 5.10 Å². The molecule has 3 heteroatoms. The van der Waals surface area contributed by atoms with Gasteiger partial charge in [-0.3, -0.25) is 0 Å². The SMILES string of the molecule is C1=NN[C@@H]2c3ccccc3SC[C@@H]12. The van der Waals surface area contributed by atoms with Crippen LogP contribution in [0.2, 0.25) is 0 Å². The van der Waals surface area contributed by atoms with Gasteiger partial charge in [-0.05, 0) is 11.6 Å². The number of benzene rings is 1. The van der Waals surface area contributed by atoms with Crippen LogP contribution in [-0.2, 0) is 0 Å². The molecule has 0 amide bonds. The van der Waals surface area contributed by atoms with Crippen LogP contribution in [0.1, 0.15) is 11.6 Å². The second kappa shape index (κ2) is 2.77. The van der Waals surface area contributed by atoms with Crippen LogP contribution < -0.4 is 5.43 Å². The van der Waals surface area contributed by atoms with Crippen LogP contribution in [0.4, 0.5) is 0 Å². The van der Waals surface area contributed by atoms with E-state index in [0.29, 0.717) is 12.0 Å². The van der Waals surface area contributed by atoms with E-state index in [0.717, 1.165) is 5.75 Å². The minimum absolute atomic E-state index is 0.428. The predicted molar refractivity (Wildman–Crippen MR) is 55.0 cm³/mol. The van der Waals surface area contributed by atoms with E-state index < -0.39 is 0 Å². The molecular formula is C10H10N2S. The average molecular weight is 190 g/mol. The van der Waals surface area contributed by atoms with Crippen molar-refractivity contribution in [2.24, 2.45) is 11.0 Å². The Morgan fingerprint density at radius 3 is 3.31 bits per heavy atom. The molecule has 2 aliphatic heterocycles. The third-order valence-electron chi connectivity index (χ3n) is 2.59. The molecule has 0 unspecified atom stereocenters. The lowest BCUT2D eigenvalue weighted by atomic mass is 9.96. The first-order valence-electron chi connectivity index (χ1n) is 4.45. The van der Waals surface area contributed by atoms with Gasteiger partial charge in [0.1, 0.15) is 0 Å². The minimum Gasteiger partial charge on any atom is -0.302 e. The molecule has 1 aromatic rings. The van der Waals surface area contributed by atoms with Crippen LogP contribution in [0.25, 0.3) is 0 Å². The summed E-state index contributed by atoms with van der Waals surface area (Å²) in [5, 5.41) is 4.14. The molecule has 66 valence electrons. The zero-order valence-electron chi connectivity index (χ0n) is 7.10. The standard InChI is InChI=1S/C10H10N2S/c1-2-4-9-8(3-1)10-7(6-13-9)5-11-12-10/h1-5,7,10,12H,6H2/t7-,10+/m1/s1. The first-order valence-corrected chi connectivity index (χ1v) is 5.44. The van der Waals surface area contributed by atoms with Crippen LogP contribution in [0, 0.1) is 5.92 Å². The maximum absolute atomic E-state index is 4.14. The number of thioether (sulfide) groups is 1. The van der Waals surface area contributed by atoms with Crippen molar-refractivity contribution in [3.8, 4) is 0 Å². The van der Waals surface area contributed by atoms with Crippen LogP contribution in [0.3, 0.4) is 0 Å². The molecule has 1 N–H and O–H groups in total. The van der Waals surface area contributed by atoms with Gasteiger partial charge in [-0.1, -0.05) is 18.2 Å². The first kappa shape index (κ1) is 7.44. The van der Waals surface area contributed by atoms with Gasteiger partial charge >= 0.3 is 0 Å². The van der Waals surface area contributed by atoms with E-state index >= 15 is 0 Å². The van der Waals surface area contributed by atoms with Crippen LogP contribution in [0.15, 0.2) is 34.3 Å².